The maximum absolute atomic E-state index is 12.7. The molecule has 0 bridgehead atoms. The molecule has 0 saturated carbocycles. The monoisotopic (exact) mass is 416 g/mol. The minimum atomic E-state index is -3.73. The molecule has 1 atom stereocenters. The number of hydrogen-bond acceptors (Lipinski definition) is 6. The van der Waals surface area contributed by atoms with E-state index in [0.717, 1.165) is 18.7 Å². The Morgan fingerprint density at radius 3 is 2.73 bits per heavy atom. The van der Waals surface area contributed by atoms with Gasteiger partial charge < -0.3 is 9.47 Å². The average Bonchev–Trinajstić information content (AvgIpc) is 3.16. The van der Waals surface area contributed by atoms with Gasteiger partial charge in [-0.15, -0.1) is 0 Å². The van der Waals surface area contributed by atoms with Crippen molar-refractivity contribution in [2.24, 2.45) is 0 Å². The topological polar surface area (TPSA) is 67.9 Å². The molecule has 2 aromatic rings. The van der Waals surface area contributed by atoms with Crippen LogP contribution in [0.25, 0.3) is 0 Å². The average molecular weight is 417 g/mol. The number of methoxy groups -OCH3 is 1. The normalized spacial score (nSPS) is 17.2. The van der Waals surface area contributed by atoms with Crippen LogP contribution in [0.3, 0.4) is 0 Å². The molecule has 1 N–H and O–H groups in total. The van der Waals surface area contributed by atoms with Gasteiger partial charge in [-0.2, -0.15) is 11.3 Å². The highest BCUT2D eigenvalue weighted by atomic mass is 35.5. The molecule has 0 amide bonds. The standard InChI is InChI=1S/C17H21ClN2O4S2/c1-23-14-2-3-17(15(18)10-14)26(21,22)19-11-16(13-4-9-25-12-13)20-5-7-24-8-6-20/h2-4,9-10,12,16,19H,5-8,11H2,1H3. The molecule has 6 nitrogen and oxygen atoms in total. The molecule has 2 heterocycles. The second-order valence-electron chi connectivity index (χ2n) is 5.87. The molecular weight excluding hydrogens is 396 g/mol. The lowest BCUT2D eigenvalue weighted by atomic mass is 10.1. The van der Waals surface area contributed by atoms with Crippen molar-refractivity contribution in [3.63, 3.8) is 0 Å². The first-order valence-corrected chi connectivity index (χ1v) is 11.0. The summed E-state index contributed by atoms with van der Waals surface area (Å²) in [6.07, 6.45) is 0. The number of nitrogens with one attached hydrogen (secondary N) is 1. The van der Waals surface area contributed by atoms with Crippen LogP contribution in [0.5, 0.6) is 5.75 Å². The van der Waals surface area contributed by atoms with Crippen molar-refractivity contribution in [3.8, 4) is 5.75 Å². The predicted molar refractivity (Wildman–Crippen MR) is 103 cm³/mol. The minimum Gasteiger partial charge on any atom is -0.497 e. The zero-order valence-electron chi connectivity index (χ0n) is 14.4. The minimum absolute atomic E-state index is 0.0445. The Hall–Kier alpha value is -1.16. The van der Waals surface area contributed by atoms with E-state index in [4.69, 9.17) is 21.1 Å². The van der Waals surface area contributed by atoms with Crippen molar-refractivity contribution in [2.75, 3.05) is 40.0 Å². The predicted octanol–water partition coefficient (Wildman–Crippen LogP) is 2.76. The number of nitrogens with zero attached hydrogens (tertiary/aromatic N) is 1. The zero-order valence-corrected chi connectivity index (χ0v) is 16.7. The van der Waals surface area contributed by atoms with Crippen LogP contribution < -0.4 is 9.46 Å². The number of rotatable bonds is 7. The summed E-state index contributed by atoms with van der Waals surface area (Å²) in [5, 5.41) is 4.18. The molecule has 1 aromatic carbocycles. The third-order valence-electron chi connectivity index (χ3n) is 4.31. The lowest BCUT2D eigenvalue weighted by Crippen LogP contribution is -2.43. The van der Waals surface area contributed by atoms with Gasteiger partial charge >= 0.3 is 0 Å². The van der Waals surface area contributed by atoms with Crippen LogP contribution in [0.4, 0.5) is 0 Å². The molecule has 1 saturated heterocycles. The van der Waals surface area contributed by atoms with Crippen LogP contribution in [0.1, 0.15) is 11.6 Å². The van der Waals surface area contributed by atoms with Gasteiger partial charge in [-0.05, 0) is 34.5 Å². The van der Waals surface area contributed by atoms with Crippen LogP contribution in [-0.4, -0.2) is 53.3 Å². The summed E-state index contributed by atoms with van der Waals surface area (Å²) >= 11 is 7.73. The molecule has 26 heavy (non-hydrogen) atoms. The first-order valence-electron chi connectivity index (χ1n) is 8.18. The summed E-state index contributed by atoms with van der Waals surface area (Å²) in [5.74, 6) is 0.512. The van der Waals surface area contributed by atoms with E-state index < -0.39 is 10.0 Å². The summed E-state index contributed by atoms with van der Waals surface area (Å²) in [6.45, 7) is 3.11. The van der Waals surface area contributed by atoms with Crippen LogP contribution in [0.15, 0.2) is 39.9 Å². The third-order valence-corrected chi connectivity index (χ3v) is 6.92. The molecule has 1 fully saturated rings. The van der Waals surface area contributed by atoms with Gasteiger partial charge in [0, 0.05) is 31.7 Å². The van der Waals surface area contributed by atoms with Crippen molar-refractivity contribution in [3.05, 3.63) is 45.6 Å². The van der Waals surface area contributed by atoms with Gasteiger partial charge in [0.2, 0.25) is 10.0 Å². The van der Waals surface area contributed by atoms with E-state index in [1.807, 2.05) is 11.4 Å². The molecule has 1 aliphatic rings. The van der Waals surface area contributed by atoms with Gasteiger partial charge in [-0.3, -0.25) is 4.90 Å². The van der Waals surface area contributed by atoms with E-state index in [2.05, 4.69) is 15.0 Å². The van der Waals surface area contributed by atoms with Gasteiger partial charge in [-0.1, -0.05) is 11.6 Å². The van der Waals surface area contributed by atoms with Crippen LogP contribution in [0, 0.1) is 0 Å². The van der Waals surface area contributed by atoms with Gasteiger partial charge in [-0.25, -0.2) is 13.1 Å². The Labute approximate surface area is 162 Å². The Balaban J connectivity index is 1.77. The van der Waals surface area contributed by atoms with Crippen molar-refractivity contribution >= 4 is 33.0 Å². The van der Waals surface area contributed by atoms with Crippen molar-refractivity contribution in [1.82, 2.24) is 9.62 Å². The molecule has 3 rings (SSSR count). The fourth-order valence-corrected chi connectivity index (χ4v) is 5.18. The summed E-state index contributed by atoms with van der Waals surface area (Å²) in [6, 6.07) is 6.52. The SMILES string of the molecule is COc1ccc(S(=O)(=O)NCC(c2ccsc2)N2CCOCC2)c(Cl)c1. The Morgan fingerprint density at radius 2 is 2.12 bits per heavy atom. The van der Waals surface area contributed by atoms with Crippen molar-refractivity contribution in [1.29, 1.82) is 0 Å². The molecule has 1 unspecified atom stereocenters. The second kappa shape index (κ2) is 8.69. The number of halogens is 1. The first kappa shape index (κ1) is 19.6. The molecule has 142 valence electrons. The lowest BCUT2D eigenvalue weighted by molar-refractivity contribution is 0.0173. The number of hydrogen-bond donors (Lipinski definition) is 1. The van der Waals surface area contributed by atoms with Gasteiger partial charge in [0.25, 0.3) is 0 Å². The molecule has 9 heteroatoms. The van der Waals surface area contributed by atoms with Gasteiger partial charge in [0.15, 0.2) is 0 Å². The van der Waals surface area contributed by atoms with Gasteiger partial charge in [0.1, 0.15) is 10.6 Å². The van der Waals surface area contributed by atoms with E-state index in [9.17, 15) is 8.42 Å². The molecule has 1 aliphatic heterocycles. The zero-order chi connectivity index (χ0) is 18.6. The highest BCUT2D eigenvalue weighted by molar-refractivity contribution is 7.89. The lowest BCUT2D eigenvalue weighted by Gasteiger charge is -2.34. The summed E-state index contributed by atoms with van der Waals surface area (Å²) in [7, 11) is -2.23. The smallest absolute Gasteiger partial charge is 0.242 e. The summed E-state index contributed by atoms with van der Waals surface area (Å²) in [4.78, 5) is 2.29. The Bertz CT molecular complexity index is 821. The second-order valence-corrected chi connectivity index (χ2v) is 8.79. The fraction of sp³-hybridized carbons (Fsp3) is 0.412. The Morgan fingerprint density at radius 1 is 1.35 bits per heavy atom. The maximum Gasteiger partial charge on any atom is 0.242 e. The van der Waals surface area contributed by atoms with Crippen LogP contribution >= 0.6 is 22.9 Å². The van der Waals surface area contributed by atoms with E-state index >= 15 is 0 Å². The molecule has 0 spiro atoms. The molecular formula is C17H21ClN2O4S2. The first-order chi connectivity index (χ1) is 12.5. The van der Waals surface area contributed by atoms with E-state index in [1.54, 1.807) is 17.4 Å². The maximum atomic E-state index is 12.7. The third kappa shape index (κ3) is 4.57. The number of benzene rings is 1. The van der Waals surface area contributed by atoms with E-state index in [-0.39, 0.29) is 22.5 Å². The highest BCUT2D eigenvalue weighted by Crippen LogP contribution is 2.27. The number of sulfonamides is 1. The van der Waals surface area contributed by atoms with Crippen molar-refractivity contribution in [2.45, 2.75) is 10.9 Å². The van der Waals surface area contributed by atoms with Gasteiger partial charge in [0.05, 0.1) is 25.3 Å². The highest BCUT2D eigenvalue weighted by Gasteiger charge is 2.26. The van der Waals surface area contributed by atoms with E-state index in [1.165, 1.54) is 19.2 Å². The van der Waals surface area contributed by atoms with Crippen molar-refractivity contribution < 1.29 is 17.9 Å². The molecule has 0 radical (unpaired) electrons. The number of ether oxygens (including phenoxy) is 2. The number of thiophene rings is 1. The summed E-state index contributed by atoms with van der Waals surface area (Å²) in [5.41, 5.74) is 1.10. The molecule has 1 aromatic heterocycles. The van der Waals surface area contributed by atoms with Crippen LogP contribution in [-0.2, 0) is 14.8 Å². The molecule has 0 aliphatic carbocycles. The fourth-order valence-electron chi connectivity index (χ4n) is 2.90. The van der Waals surface area contributed by atoms with E-state index in [0.29, 0.717) is 19.0 Å². The quantitative estimate of drug-likeness (QED) is 0.751. The Kier molecular flexibility index (Phi) is 6.55. The largest absolute Gasteiger partial charge is 0.497 e. The summed E-state index contributed by atoms with van der Waals surface area (Å²) < 4.78 is 38.7. The van der Waals surface area contributed by atoms with Crippen LogP contribution in [0.2, 0.25) is 5.02 Å². The number of morpholine rings is 1.